The van der Waals surface area contributed by atoms with Crippen molar-refractivity contribution in [1.82, 2.24) is 0 Å². The van der Waals surface area contributed by atoms with Crippen molar-refractivity contribution in [1.29, 1.82) is 0 Å². The van der Waals surface area contributed by atoms with Gasteiger partial charge in [0.1, 0.15) is 0 Å². The van der Waals surface area contributed by atoms with Crippen LogP contribution in [0.25, 0.3) is 0 Å². The van der Waals surface area contributed by atoms with E-state index in [0.29, 0.717) is 17.8 Å². The fraction of sp³-hybridized carbons (Fsp3) is 0.714. The molecule has 0 atom stereocenters. The Balaban J connectivity index is 5.15. The predicted molar refractivity (Wildman–Crippen MR) is 66.4 cm³/mol. The Labute approximate surface area is 90.1 Å². The fourth-order valence-corrected chi connectivity index (χ4v) is 1.70. The second-order valence-corrected chi connectivity index (χ2v) is 5.09. The molecule has 0 nitrogen and oxygen atoms in total. The van der Waals surface area contributed by atoms with Gasteiger partial charge in [-0.2, -0.15) is 0 Å². The summed E-state index contributed by atoms with van der Waals surface area (Å²) >= 11 is 0. The van der Waals surface area contributed by atoms with Crippen molar-refractivity contribution in [3.63, 3.8) is 0 Å². The fourth-order valence-electron chi connectivity index (χ4n) is 1.70. The first-order valence-corrected chi connectivity index (χ1v) is 5.68. The maximum atomic E-state index is 4.22. The molecule has 0 aromatic rings. The van der Waals surface area contributed by atoms with E-state index in [0.717, 1.165) is 0 Å². The summed E-state index contributed by atoms with van der Waals surface area (Å²) in [6.45, 7) is 19.9. The monoisotopic (exact) mass is 194 g/mol. The van der Waals surface area contributed by atoms with E-state index < -0.39 is 0 Å². The summed E-state index contributed by atoms with van der Waals surface area (Å²) < 4.78 is 0. The van der Waals surface area contributed by atoms with Crippen LogP contribution >= 0.6 is 0 Å². The Morgan fingerprint density at radius 2 is 1.21 bits per heavy atom. The molecule has 0 saturated heterocycles. The number of rotatable bonds is 4. The van der Waals surface area contributed by atoms with Gasteiger partial charge in [0.15, 0.2) is 0 Å². The summed E-state index contributed by atoms with van der Waals surface area (Å²) in [6, 6.07) is 0. The maximum absolute atomic E-state index is 4.22. The normalized spacial score (nSPS) is 13.9. The van der Waals surface area contributed by atoms with Gasteiger partial charge >= 0.3 is 0 Å². The lowest BCUT2D eigenvalue weighted by Crippen LogP contribution is -2.08. The third kappa shape index (κ3) is 3.32. The van der Waals surface area contributed by atoms with Crippen molar-refractivity contribution in [2.45, 2.75) is 48.5 Å². The van der Waals surface area contributed by atoms with Crippen LogP contribution < -0.4 is 0 Å². The zero-order valence-corrected chi connectivity index (χ0v) is 10.9. The van der Waals surface area contributed by atoms with Crippen LogP contribution in [0, 0.1) is 17.8 Å². The minimum atomic E-state index is 0.557. The molecule has 0 heteroatoms. The summed E-state index contributed by atoms with van der Waals surface area (Å²) in [5.41, 5.74) is 4.29. The van der Waals surface area contributed by atoms with Crippen molar-refractivity contribution in [3.05, 3.63) is 23.3 Å². The summed E-state index contributed by atoms with van der Waals surface area (Å²) in [7, 11) is 0. The molecule has 0 N–H and O–H groups in total. The van der Waals surface area contributed by atoms with Gasteiger partial charge in [0.25, 0.3) is 0 Å². The van der Waals surface area contributed by atoms with Gasteiger partial charge in [-0.3, -0.25) is 0 Å². The molecular weight excluding hydrogens is 168 g/mol. The summed E-state index contributed by atoms with van der Waals surface area (Å²) in [5.74, 6) is 1.77. The van der Waals surface area contributed by atoms with Crippen molar-refractivity contribution >= 4 is 0 Å². The van der Waals surface area contributed by atoms with Crippen LogP contribution in [0.1, 0.15) is 48.5 Å². The molecule has 82 valence electrons. The van der Waals surface area contributed by atoms with Crippen LogP contribution in [-0.4, -0.2) is 0 Å². The lowest BCUT2D eigenvalue weighted by Gasteiger charge is -2.23. The zero-order chi connectivity index (χ0) is 11.5. The first-order chi connectivity index (χ1) is 6.29. The van der Waals surface area contributed by atoms with Gasteiger partial charge in [-0.1, -0.05) is 53.7 Å². The van der Waals surface area contributed by atoms with Crippen LogP contribution in [0.5, 0.6) is 0 Å². The number of allylic oxidation sites excluding steroid dienone is 3. The van der Waals surface area contributed by atoms with Gasteiger partial charge < -0.3 is 0 Å². The summed E-state index contributed by atoms with van der Waals surface area (Å²) in [6.07, 6.45) is 0. The molecule has 0 radical (unpaired) electrons. The predicted octanol–water partition coefficient (Wildman–Crippen LogP) is 4.83. The highest BCUT2D eigenvalue weighted by atomic mass is 14.2. The Bertz CT molecular complexity index is 226. The highest BCUT2D eigenvalue weighted by Gasteiger charge is 2.15. The number of hydrogen-bond donors (Lipinski definition) is 0. The molecule has 0 aromatic heterocycles. The highest BCUT2D eigenvalue weighted by Crippen LogP contribution is 2.30. The Hall–Kier alpha value is -0.520. The SMILES string of the molecule is C=C(/C(=C(\C)C(C)C)C(C)C)C(C)C. The molecule has 0 aromatic carbocycles. The van der Waals surface area contributed by atoms with Crippen LogP contribution in [0.15, 0.2) is 23.3 Å². The van der Waals surface area contributed by atoms with Gasteiger partial charge in [0, 0.05) is 0 Å². The second kappa shape index (κ2) is 5.38. The molecule has 0 bridgehead atoms. The molecule has 0 aliphatic heterocycles. The van der Waals surface area contributed by atoms with Crippen molar-refractivity contribution in [3.8, 4) is 0 Å². The van der Waals surface area contributed by atoms with Crippen LogP contribution in [0.2, 0.25) is 0 Å². The van der Waals surface area contributed by atoms with Gasteiger partial charge in [0.2, 0.25) is 0 Å². The minimum absolute atomic E-state index is 0.557. The Morgan fingerprint density at radius 1 is 0.786 bits per heavy atom. The highest BCUT2D eigenvalue weighted by molar-refractivity contribution is 5.35. The van der Waals surface area contributed by atoms with E-state index in [1.165, 1.54) is 16.7 Å². The van der Waals surface area contributed by atoms with E-state index in [-0.39, 0.29) is 0 Å². The third-order valence-electron chi connectivity index (χ3n) is 2.91. The standard InChI is InChI=1S/C14H26/c1-9(2)12(7)14(11(5)6)13(8)10(3)4/h9-11H,7H2,1-6,8H3/b14-13+. The molecule has 14 heavy (non-hydrogen) atoms. The molecule has 0 aliphatic carbocycles. The molecule has 0 fully saturated rings. The summed E-state index contributed by atoms with van der Waals surface area (Å²) in [5, 5.41) is 0. The zero-order valence-electron chi connectivity index (χ0n) is 10.9. The van der Waals surface area contributed by atoms with Gasteiger partial charge in [-0.25, -0.2) is 0 Å². The first kappa shape index (κ1) is 13.5. The van der Waals surface area contributed by atoms with Crippen LogP contribution in [0.3, 0.4) is 0 Å². The van der Waals surface area contributed by atoms with E-state index in [2.05, 4.69) is 55.0 Å². The molecule has 0 amide bonds. The average molecular weight is 194 g/mol. The smallest absolute Gasteiger partial charge is 0.0217 e. The molecule has 0 rings (SSSR count). The molecule has 0 aliphatic rings. The molecule has 0 unspecified atom stereocenters. The quantitative estimate of drug-likeness (QED) is 0.562. The lowest BCUT2D eigenvalue weighted by molar-refractivity contribution is 0.661. The number of hydrogen-bond acceptors (Lipinski definition) is 0. The Morgan fingerprint density at radius 3 is 1.43 bits per heavy atom. The first-order valence-electron chi connectivity index (χ1n) is 5.68. The third-order valence-corrected chi connectivity index (χ3v) is 2.91. The molecule has 0 heterocycles. The van der Waals surface area contributed by atoms with Gasteiger partial charge in [0.05, 0.1) is 0 Å². The van der Waals surface area contributed by atoms with E-state index in [9.17, 15) is 0 Å². The van der Waals surface area contributed by atoms with Crippen LogP contribution in [-0.2, 0) is 0 Å². The molecule has 0 saturated carbocycles. The largest absolute Gasteiger partial charge is 0.0953 e. The van der Waals surface area contributed by atoms with E-state index in [1.807, 2.05) is 0 Å². The summed E-state index contributed by atoms with van der Waals surface area (Å²) in [4.78, 5) is 0. The van der Waals surface area contributed by atoms with E-state index in [4.69, 9.17) is 0 Å². The van der Waals surface area contributed by atoms with Crippen molar-refractivity contribution in [2.24, 2.45) is 17.8 Å². The van der Waals surface area contributed by atoms with Crippen molar-refractivity contribution < 1.29 is 0 Å². The second-order valence-electron chi connectivity index (χ2n) is 5.09. The molecule has 0 spiro atoms. The molecular formula is C14H26. The van der Waals surface area contributed by atoms with E-state index in [1.54, 1.807) is 0 Å². The van der Waals surface area contributed by atoms with Crippen LogP contribution in [0.4, 0.5) is 0 Å². The van der Waals surface area contributed by atoms with E-state index >= 15 is 0 Å². The van der Waals surface area contributed by atoms with Gasteiger partial charge in [-0.15, -0.1) is 0 Å². The Kier molecular flexibility index (Phi) is 5.18. The topological polar surface area (TPSA) is 0 Å². The lowest BCUT2D eigenvalue weighted by atomic mass is 9.83. The van der Waals surface area contributed by atoms with Gasteiger partial charge in [-0.05, 0) is 35.8 Å². The minimum Gasteiger partial charge on any atom is -0.0953 e. The average Bonchev–Trinajstić information content (AvgIpc) is 2.03. The van der Waals surface area contributed by atoms with Crippen molar-refractivity contribution in [2.75, 3.05) is 0 Å². The maximum Gasteiger partial charge on any atom is -0.0217 e.